The van der Waals surface area contributed by atoms with Crippen molar-refractivity contribution in [3.63, 3.8) is 0 Å². The van der Waals surface area contributed by atoms with Gasteiger partial charge in [-0.2, -0.15) is 0 Å². The van der Waals surface area contributed by atoms with Crippen molar-refractivity contribution < 1.29 is 17.9 Å². The van der Waals surface area contributed by atoms with Crippen LogP contribution in [0.25, 0.3) is 0 Å². The number of anilines is 1. The predicted octanol–water partition coefficient (Wildman–Crippen LogP) is 0.641. The zero-order valence-electron chi connectivity index (χ0n) is 13.6. The van der Waals surface area contributed by atoms with Crippen LogP contribution >= 0.6 is 11.6 Å². The van der Waals surface area contributed by atoms with Crippen LogP contribution in [0.15, 0.2) is 18.2 Å². The van der Waals surface area contributed by atoms with Gasteiger partial charge in [-0.05, 0) is 25.2 Å². The van der Waals surface area contributed by atoms with Gasteiger partial charge in [0, 0.05) is 31.2 Å². The summed E-state index contributed by atoms with van der Waals surface area (Å²) in [5.41, 5.74) is 0.368. The van der Waals surface area contributed by atoms with Crippen molar-refractivity contribution in [2.24, 2.45) is 0 Å². The number of carbonyl (C=O) groups is 1. The number of hydrogen-bond donors (Lipinski definition) is 0. The monoisotopic (exact) mass is 373 g/mol. The maximum Gasteiger partial charge on any atom is 0.265 e. The van der Waals surface area contributed by atoms with Crippen LogP contribution in [0.1, 0.15) is 0 Å². The SMILES string of the molecule is CN1CCN(C(=O)C2CN(S(C)(=O)=O)c3cc(Cl)ccc3O2)CC1. The van der Waals surface area contributed by atoms with Crippen LogP contribution in [0.5, 0.6) is 5.75 Å². The summed E-state index contributed by atoms with van der Waals surface area (Å²) in [6, 6.07) is 4.75. The minimum Gasteiger partial charge on any atom is -0.476 e. The van der Waals surface area contributed by atoms with E-state index in [4.69, 9.17) is 16.3 Å². The second kappa shape index (κ2) is 6.42. The second-order valence-electron chi connectivity index (χ2n) is 6.14. The third-order valence-electron chi connectivity index (χ3n) is 4.28. The molecule has 0 aromatic heterocycles. The molecule has 1 aromatic rings. The van der Waals surface area contributed by atoms with Gasteiger partial charge in [-0.1, -0.05) is 11.6 Å². The Bertz CT molecular complexity index is 747. The predicted molar refractivity (Wildman–Crippen MR) is 92.1 cm³/mol. The Morgan fingerprint density at radius 1 is 1.25 bits per heavy atom. The minimum absolute atomic E-state index is 0.0443. The average molecular weight is 374 g/mol. The zero-order chi connectivity index (χ0) is 17.5. The summed E-state index contributed by atoms with van der Waals surface area (Å²) in [6.07, 6.45) is 0.261. The lowest BCUT2D eigenvalue weighted by Crippen LogP contribution is -2.55. The summed E-state index contributed by atoms with van der Waals surface area (Å²) >= 11 is 5.97. The number of hydrogen-bond acceptors (Lipinski definition) is 5. The molecular formula is C15H20ClN3O4S. The second-order valence-corrected chi connectivity index (χ2v) is 8.48. The van der Waals surface area contributed by atoms with Gasteiger partial charge in [-0.3, -0.25) is 9.10 Å². The molecule has 9 heteroatoms. The molecule has 0 aliphatic carbocycles. The van der Waals surface area contributed by atoms with Crippen LogP contribution in [-0.4, -0.2) is 76.3 Å². The highest BCUT2D eigenvalue weighted by Crippen LogP contribution is 2.37. The van der Waals surface area contributed by atoms with Crippen molar-refractivity contribution in [3.8, 4) is 5.75 Å². The lowest BCUT2D eigenvalue weighted by molar-refractivity contribution is -0.140. The van der Waals surface area contributed by atoms with E-state index in [0.29, 0.717) is 29.5 Å². The van der Waals surface area contributed by atoms with Crippen molar-refractivity contribution in [3.05, 3.63) is 23.2 Å². The van der Waals surface area contributed by atoms with Gasteiger partial charge in [0.15, 0.2) is 6.10 Å². The van der Waals surface area contributed by atoms with Crippen molar-refractivity contribution in [2.45, 2.75) is 6.10 Å². The lowest BCUT2D eigenvalue weighted by Gasteiger charge is -2.38. The molecule has 1 fully saturated rings. The molecule has 0 spiro atoms. The first-order valence-corrected chi connectivity index (χ1v) is 9.89. The molecular weight excluding hydrogens is 354 g/mol. The highest BCUT2D eigenvalue weighted by Gasteiger charge is 2.37. The number of amides is 1. The van der Waals surface area contributed by atoms with E-state index in [1.54, 1.807) is 17.0 Å². The quantitative estimate of drug-likeness (QED) is 0.761. The van der Waals surface area contributed by atoms with E-state index in [1.165, 1.54) is 10.4 Å². The molecule has 1 saturated heterocycles. The smallest absolute Gasteiger partial charge is 0.265 e. The number of ether oxygens (including phenoxy) is 1. The number of nitrogens with zero attached hydrogens (tertiary/aromatic N) is 3. The lowest BCUT2D eigenvalue weighted by atomic mass is 10.2. The fourth-order valence-corrected chi connectivity index (χ4v) is 3.97. The Kier molecular flexibility index (Phi) is 4.63. The standard InChI is InChI=1S/C15H20ClN3O4S/c1-17-5-7-18(8-6-17)15(20)14-10-19(24(2,21)22)12-9-11(16)3-4-13(12)23-14/h3-4,9,14H,5-8,10H2,1-2H3. The molecule has 3 rings (SSSR count). The molecule has 24 heavy (non-hydrogen) atoms. The normalized spacial score (nSPS) is 22.0. The van der Waals surface area contributed by atoms with E-state index in [1.807, 2.05) is 7.05 Å². The summed E-state index contributed by atoms with van der Waals surface area (Å²) in [5.74, 6) is 0.168. The van der Waals surface area contributed by atoms with Gasteiger partial charge < -0.3 is 14.5 Å². The fourth-order valence-electron chi connectivity index (χ4n) is 2.90. The van der Waals surface area contributed by atoms with Crippen molar-refractivity contribution in [2.75, 3.05) is 50.3 Å². The van der Waals surface area contributed by atoms with Crippen molar-refractivity contribution >= 4 is 33.2 Å². The first-order chi connectivity index (χ1) is 11.3. The van der Waals surface area contributed by atoms with Crippen molar-refractivity contribution in [1.82, 2.24) is 9.80 Å². The Morgan fingerprint density at radius 2 is 1.92 bits per heavy atom. The molecule has 2 aliphatic heterocycles. The molecule has 2 heterocycles. The van der Waals surface area contributed by atoms with E-state index in [2.05, 4.69) is 4.90 Å². The Labute approximate surface area is 146 Å². The highest BCUT2D eigenvalue weighted by atomic mass is 35.5. The van der Waals surface area contributed by atoms with Crippen LogP contribution in [0, 0.1) is 0 Å². The fraction of sp³-hybridized carbons (Fsp3) is 0.533. The van der Waals surface area contributed by atoms with Crippen molar-refractivity contribution in [1.29, 1.82) is 0 Å². The number of halogens is 1. The minimum atomic E-state index is -3.55. The average Bonchev–Trinajstić information content (AvgIpc) is 2.53. The topological polar surface area (TPSA) is 70.2 Å². The van der Waals surface area contributed by atoms with E-state index in [-0.39, 0.29) is 12.5 Å². The summed E-state index contributed by atoms with van der Waals surface area (Å²) in [7, 11) is -1.54. The molecule has 0 bridgehead atoms. The van der Waals surface area contributed by atoms with E-state index in [0.717, 1.165) is 19.3 Å². The summed E-state index contributed by atoms with van der Waals surface area (Å²) < 4.78 is 31.3. The molecule has 1 amide bonds. The van der Waals surface area contributed by atoms with Gasteiger partial charge in [-0.25, -0.2) is 8.42 Å². The number of carbonyl (C=O) groups excluding carboxylic acids is 1. The Morgan fingerprint density at radius 3 is 2.54 bits per heavy atom. The molecule has 2 aliphatic rings. The molecule has 1 aromatic carbocycles. The van der Waals surface area contributed by atoms with E-state index in [9.17, 15) is 13.2 Å². The van der Waals surface area contributed by atoms with Gasteiger partial charge >= 0.3 is 0 Å². The third kappa shape index (κ3) is 3.45. The number of likely N-dealkylation sites (N-methyl/N-ethyl adjacent to an activating group) is 1. The zero-order valence-corrected chi connectivity index (χ0v) is 15.2. The highest BCUT2D eigenvalue weighted by molar-refractivity contribution is 7.92. The van der Waals surface area contributed by atoms with Crippen LogP contribution in [-0.2, 0) is 14.8 Å². The van der Waals surface area contributed by atoms with Crippen LogP contribution in [0.4, 0.5) is 5.69 Å². The molecule has 1 unspecified atom stereocenters. The van der Waals surface area contributed by atoms with E-state index < -0.39 is 16.1 Å². The number of piperazine rings is 1. The molecule has 0 radical (unpaired) electrons. The van der Waals surface area contributed by atoms with Crippen LogP contribution in [0.3, 0.4) is 0 Å². The first kappa shape index (κ1) is 17.3. The number of rotatable bonds is 2. The first-order valence-electron chi connectivity index (χ1n) is 7.67. The Hall–Kier alpha value is -1.51. The largest absolute Gasteiger partial charge is 0.476 e. The Balaban J connectivity index is 1.87. The molecule has 1 atom stereocenters. The molecule has 0 saturated carbocycles. The van der Waals surface area contributed by atoms with Gasteiger partial charge in [0.2, 0.25) is 10.0 Å². The number of fused-ring (bicyclic) bond motifs is 1. The van der Waals surface area contributed by atoms with Gasteiger partial charge in [0.25, 0.3) is 5.91 Å². The van der Waals surface area contributed by atoms with E-state index >= 15 is 0 Å². The maximum atomic E-state index is 12.7. The number of benzene rings is 1. The summed E-state index contributed by atoms with van der Waals surface area (Å²) in [4.78, 5) is 16.6. The van der Waals surface area contributed by atoms with Crippen LogP contribution in [0.2, 0.25) is 5.02 Å². The van der Waals surface area contributed by atoms with Gasteiger partial charge in [-0.15, -0.1) is 0 Å². The van der Waals surface area contributed by atoms with Gasteiger partial charge in [0.1, 0.15) is 5.75 Å². The third-order valence-corrected chi connectivity index (χ3v) is 5.66. The number of sulfonamides is 1. The van der Waals surface area contributed by atoms with Gasteiger partial charge in [0.05, 0.1) is 18.5 Å². The maximum absolute atomic E-state index is 12.7. The van der Waals surface area contributed by atoms with Crippen LogP contribution < -0.4 is 9.04 Å². The molecule has 0 N–H and O–H groups in total. The summed E-state index contributed by atoms with van der Waals surface area (Å²) in [5, 5.41) is 0.412. The summed E-state index contributed by atoms with van der Waals surface area (Å²) in [6.45, 7) is 2.77. The molecule has 132 valence electrons. The molecule has 7 nitrogen and oxygen atoms in total.